The third-order valence-corrected chi connectivity index (χ3v) is 4.35. The molecule has 118 valence electrons. The van der Waals surface area contributed by atoms with Crippen LogP contribution in [0.2, 0.25) is 0 Å². The Kier molecular flexibility index (Phi) is 4.71. The minimum Gasteiger partial charge on any atom is -0.496 e. The second-order valence-electron chi connectivity index (χ2n) is 5.50. The molecule has 1 heterocycles. The lowest BCUT2D eigenvalue weighted by Gasteiger charge is -2.17. The van der Waals surface area contributed by atoms with E-state index < -0.39 is 0 Å². The maximum absolute atomic E-state index is 6.00. The zero-order valence-electron chi connectivity index (χ0n) is 13.3. The van der Waals surface area contributed by atoms with Crippen molar-refractivity contribution < 1.29 is 9.47 Å². The fourth-order valence-electron chi connectivity index (χ4n) is 2.62. The number of hydrogen-bond donors (Lipinski definition) is 0. The highest BCUT2D eigenvalue weighted by Gasteiger charge is 2.17. The Hall–Kier alpha value is -1.82. The van der Waals surface area contributed by atoms with Crippen molar-refractivity contribution in [1.82, 2.24) is 4.98 Å². The number of methoxy groups -OCH3 is 1. The number of pyridine rings is 1. The van der Waals surface area contributed by atoms with Gasteiger partial charge in [0.1, 0.15) is 11.3 Å². The largest absolute Gasteiger partial charge is 0.496 e. The van der Waals surface area contributed by atoms with Gasteiger partial charge in [-0.2, -0.15) is 0 Å². The Morgan fingerprint density at radius 3 is 2.57 bits per heavy atom. The summed E-state index contributed by atoms with van der Waals surface area (Å²) >= 11 is 2.31. The number of halogens is 1. The van der Waals surface area contributed by atoms with Gasteiger partial charge in [-0.3, -0.25) is 4.98 Å². The Morgan fingerprint density at radius 1 is 1.04 bits per heavy atom. The molecule has 3 aromatic rings. The molecule has 23 heavy (non-hydrogen) atoms. The molecule has 0 aliphatic heterocycles. The lowest BCUT2D eigenvalue weighted by molar-refractivity contribution is 0.243. The highest BCUT2D eigenvalue weighted by molar-refractivity contribution is 14.1. The van der Waals surface area contributed by atoms with Crippen LogP contribution in [0.3, 0.4) is 0 Å². The van der Waals surface area contributed by atoms with Crippen molar-refractivity contribution in [3.05, 3.63) is 52.2 Å². The van der Waals surface area contributed by atoms with E-state index in [0.717, 1.165) is 37.1 Å². The van der Waals surface area contributed by atoms with Crippen molar-refractivity contribution in [3.8, 4) is 22.6 Å². The van der Waals surface area contributed by atoms with E-state index in [1.807, 2.05) is 38.1 Å². The van der Waals surface area contributed by atoms with Gasteiger partial charge < -0.3 is 9.47 Å². The molecule has 0 N–H and O–H groups in total. The van der Waals surface area contributed by atoms with Crippen LogP contribution in [0, 0.1) is 3.57 Å². The van der Waals surface area contributed by atoms with E-state index in [-0.39, 0.29) is 6.10 Å². The lowest BCUT2D eigenvalue weighted by atomic mass is 9.99. The molecule has 0 aliphatic carbocycles. The van der Waals surface area contributed by atoms with Crippen LogP contribution in [0.1, 0.15) is 13.8 Å². The number of aromatic nitrogens is 1. The quantitative estimate of drug-likeness (QED) is 0.538. The molecule has 2 aromatic carbocycles. The van der Waals surface area contributed by atoms with Gasteiger partial charge in [-0.25, -0.2) is 0 Å². The summed E-state index contributed by atoms with van der Waals surface area (Å²) in [4.78, 5) is 4.57. The van der Waals surface area contributed by atoms with Gasteiger partial charge in [0.15, 0.2) is 5.75 Å². The Balaban J connectivity index is 2.31. The second-order valence-corrected chi connectivity index (χ2v) is 6.66. The molecule has 0 saturated carbocycles. The van der Waals surface area contributed by atoms with Gasteiger partial charge in [-0.05, 0) is 60.2 Å². The first-order valence-corrected chi connectivity index (χ1v) is 8.57. The topological polar surface area (TPSA) is 31.4 Å². The van der Waals surface area contributed by atoms with Gasteiger partial charge in [0.05, 0.1) is 16.8 Å². The lowest BCUT2D eigenvalue weighted by Crippen LogP contribution is -2.08. The van der Waals surface area contributed by atoms with Gasteiger partial charge in [-0.1, -0.05) is 24.3 Å². The zero-order chi connectivity index (χ0) is 16.4. The monoisotopic (exact) mass is 419 g/mol. The van der Waals surface area contributed by atoms with Gasteiger partial charge in [-0.15, -0.1) is 0 Å². The standard InChI is InChI=1S/C19H18INO2/c1-12(2)23-19-16(20)11-15(14-8-6-10-21-18(14)19)13-7-4-5-9-17(13)22-3/h4-12H,1-3H3. The number of fused-ring (bicyclic) bond motifs is 1. The summed E-state index contributed by atoms with van der Waals surface area (Å²) in [7, 11) is 1.69. The van der Waals surface area contributed by atoms with Crippen molar-refractivity contribution in [2.75, 3.05) is 7.11 Å². The summed E-state index contributed by atoms with van der Waals surface area (Å²) in [5, 5.41) is 1.06. The van der Waals surface area contributed by atoms with Crippen molar-refractivity contribution >= 4 is 33.5 Å². The molecular formula is C19H18INO2. The van der Waals surface area contributed by atoms with Crippen LogP contribution in [0.25, 0.3) is 22.0 Å². The number of rotatable bonds is 4. The van der Waals surface area contributed by atoms with E-state index in [4.69, 9.17) is 9.47 Å². The summed E-state index contributed by atoms with van der Waals surface area (Å²) in [6, 6.07) is 14.2. The first-order valence-electron chi connectivity index (χ1n) is 7.49. The van der Waals surface area contributed by atoms with Crippen LogP contribution in [0.4, 0.5) is 0 Å². The molecule has 0 fully saturated rings. The van der Waals surface area contributed by atoms with Gasteiger partial charge in [0.2, 0.25) is 0 Å². The summed E-state index contributed by atoms with van der Waals surface area (Å²) in [6.07, 6.45) is 1.91. The van der Waals surface area contributed by atoms with Crippen molar-refractivity contribution in [3.63, 3.8) is 0 Å². The predicted octanol–water partition coefficient (Wildman–Crippen LogP) is 5.30. The third kappa shape index (κ3) is 3.13. The van der Waals surface area contributed by atoms with Crippen LogP contribution in [0.5, 0.6) is 11.5 Å². The molecule has 0 saturated heterocycles. The fourth-order valence-corrected chi connectivity index (χ4v) is 3.32. The number of nitrogens with zero attached hydrogens (tertiary/aromatic N) is 1. The van der Waals surface area contributed by atoms with Gasteiger partial charge in [0, 0.05) is 17.1 Å². The van der Waals surface area contributed by atoms with Crippen molar-refractivity contribution in [1.29, 1.82) is 0 Å². The zero-order valence-corrected chi connectivity index (χ0v) is 15.5. The molecule has 0 aliphatic rings. The van der Waals surface area contributed by atoms with Crippen LogP contribution in [-0.4, -0.2) is 18.2 Å². The van der Waals surface area contributed by atoms with Gasteiger partial charge >= 0.3 is 0 Å². The molecule has 0 atom stereocenters. The van der Waals surface area contributed by atoms with E-state index in [1.165, 1.54) is 0 Å². The molecule has 3 nitrogen and oxygen atoms in total. The third-order valence-electron chi connectivity index (χ3n) is 3.55. The molecule has 0 radical (unpaired) electrons. The summed E-state index contributed by atoms with van der Waals surface area (Å²) in [5.74, 6) is 1.70. The predicted molar refractivity (Wildman–Crippen MR) is 102 cm³/mol. The highest BCUT2D eigenvalue weighted by atomic mass is 127. The molecule has 0 bridgehead atoms. The minimum absolute atomic E-state index is 0.103. The summed E-state index contributed by atoms with van der Waals surface area (Å²) < 4.78 is 12.6. The van der Waals surface area contributed by atoms with Crippen molar-refractivity contribution in [2.24, 2.45) is 0 Å². The van der Waals surface area contributed by atoms with Crippen LogP contribution in [0.15, 0.2) is 48.7 Å². The van der Waals surface area contributed by atoms with E-state index in [2.05, 4.69) is 45.8 Å². The molecule has 0 spiro atoms. The molecule has 0 unspecified atom stereocenters. The number of benzene rings is 2. The minimum atomic E-state index is 0.103. The normalized spacial score (nSPS) is 11.0. The van der Waals surface area contributed by atoms with Crippen molar-refractivity contribution in [2.45, 2.75) is 20.0 Å². The average molecular weight is 419 g/mol. The molecule has 1 aromatic heterocycles. The Bertz CT molecular complexity index is 846. The Labute approximate surface area is 149 Å². The first-order chi connectivity index (χ1) is 11.1. The molecule has 0 amide bonds. The second kappa shape index (κ2) is 6.74. The number of ether oxygens (including phenoxy) is 2. The maximum atomic E-state index is 6.00. The van der Waals surface area contributed by atoms with Crippen LogP contribution in [-0.2, 0) is 0 Å². The molecule has 4 heteroatoms. The average Bonchev–Trinajstić information content (AvgIpc) is 2.57. The summed E-state index contributed by atoms with van der Waals surface area (Å²) in [6.45, 7) is 4.05. The molecular weight excluding hydrogens is 401 g/mol. The first kappa shape index (κ1) is 16.1. The fraction of sp³-hybridized carbons (Fsp3) is 0.211. The van der Waals surface area contributed by atoms with E-state index >= 15 is 0 Å². The van der Waals surface area contributed by atoms with E-state index in [1.54, 1.807) is 13.3 Å². The van der Waals surface area contributed by atoms with Crippen LogP contribution >= 0.6 is 22.6 Å². The van der Waals surface area contributed by atoms with Crippen LogP contribution < -0.4 is 9.47 Å². The summed E-state index contributed by atoms with van der Waals surface area (Å²) in [5.41, 5.74) is 3.04. The molecule has 3 rings (SSSR count). The number of hydrogen-bond acceptors (Lipinski definition) is 3. The highest BCUT2D eigenvalue weighted by Crippen LogP contribution is 2.40. The van der Waals surface area contributed by atoms with Gasteiger partial charge in [0.25, 0.3) is 0 Å². The number of para-hydroxylation sites is 1. The van der Waals surface area contributed by atoms with E-state index in [9.17, 15) is 0 Å². The Morgan fingerprint density at radius 2 is 1.83 bits per heavy atom. The smallest absolute Gasteiger partial charge is 0.159 e. The maximum Gasteiger partial charge on any atom is 0.159 e. The van der Waals surface area contributed by atoms with E-state index in [0.29, 0.717) is 0 Å². The SMILES string of the molecule is COc1ccccc1-c1cc(I)c(OC(C)C)c2ncccc12.